The lowest BCUT2D eigenvalue weighted by molar-refractivity contribution is 0.408. The molecular formula is C16H25NO3S. The second kappa shape index (κ2) is 6.36. The molecule has 1 aliphatic rings. The Morgan fingerprint density at radius 3 is 2.29 bits per heavy atom. The van der Waals surface area contributed by atoms with Gasteiger partial charge in [0, 0.05) is 6.04 Å². The van der Waals surface area contributed by atoms with Crippen molar-refractivity contribution in [1.82, 2.24) is 4.72 Å². The van der Waals surface area contributed by atoms with E-state index in [0.717, 1.165) is 48.1 Å². The summed E-state index contributed by atoms with van der Waals surface area (Å²) >= 11 is 0. The monoisotopic (exact) mass is 311 g/mol. The van der Waals surface area contributed by atoms with Crippen molar-refractivity contribution in [2.24, 2.45) is 0 Å². The van der Waals surface area contributed by atoms with Crippen LogP contribution in [0.25, 0.3) is 0 Å². The van der Waals surface area contributed by atoms with E-state index < -0.39 is 10.0 Å². The van der Waals surface area contributed by atoms with Crippen LogP contribution < -0.4 is 9.46 Å². The Morgan fingerprint density at radius 1 is 1.10 bits per heavy atom. The SMILES string of the molecule is COc1cc(C)c(S(=O)(=O)NC2CCCCC2)c(C)c1C. The van der Waals surface area contributed by atoms with Crippen LogP contribution in [0.2, 0.25) is 0 Å². The number of nitrogens with one attached hydrogen (secondary N) is 1. The first-order valence-corrected chi connectivity index (χ1v) is 9.02. The number of sulfonamides is 1. The standard InChI is InChI=1S/C16H25NO3S/c1-11-10-15(20-4)12(2)13(3)16(11)21(18,19)17-14-8-6-5-7-9-14/h10,14,17H,5-9H2,1-4H3. The highest BCUT2D eigenvalue weighted by molar-refractivity contribution is 7.89. The van der Waals surface area contributed by atoms with Crippen LogP contribution in [-0.4, -0.2) is 21.6 Å². The van der Waals surface area contributed by atoms with Crippen molar-refractivity contribution < 1.29 is 13.2 Å². The first kappa shape index (κ1) is 16.3. The van der Waals surface area contributed by atoms with Gasteiger partial charge >= 0.3 is 0 Å². The van der Waals surface area contributed by atoms with Crippen LogP contribution in [0.3, 0.4) is 0 Å². The number of rotatable bonds is 4. The Labute approximate surface area is 127 Å². The Kier molecular flexibility index (Phi) is 4.94. The van der Waals surface area contributed by atoms with Gasteiger partial charge in [0.15, 0.2) is 0 Å². The molecule has 1 fully saturated rings. The first-order chi connectivity index (χ1) is 9.86. The summed E-state index contributed by atoms with van der Waals surface area (Å²) in [6, 6.07) is 1.88. The lowest BCUT2D eigenvalue weighted by Crippen LogP contribution is -2.36. The highest BCUT2D eigenvalue weighted by atomic mass is 32.2. The van der Waals surface area contributed by atoms with Crippen LogP contribution in [-0.2, 0) is 10.0 Å². The van der Waals surface area contributed by atoms with Gasteiger partial charge in [0.2, 0.25) is 10.0 Å². The van der Waals surface area contributed by atoms with E-state index >= 15 is 0 Å². The molecule has 0 heterocycles. The molecule has 0 aliphatic heterocycles. The molecule has 0 aromatic heterocycles. The highest BCUT2D eigenvalue weighted by Crippen LogP contribution is 2.31. The Morgan fingerprint density at radius 2 is 1.71 bits per heavy atom. The van der Waals surface area contributed by atoms with Gasteiger partial charge in [-0.3, -0.25) is 0 Å². The third-order valence-corrected chi connectivity index (χ3v) is 6.20. The van der Waals surface area contributed by atoms with Gasteiger partial charge in [-0.2, -0.15) is 0 Å². The van der Waals surface area contributed by atoms with Gasteiger partial charge in [-0.25, -0.2) is 13.1 Å². The van der Waals surface area contributed by atoms with Gasteiger partial charge in [-0.05, 0) is 56.4 Å². The molecule has 4 nitrogen and oxygen atoms in total. The maximum atomic E-state index is 12.7. The van der Waals surface area contributed by atoms with Gasteiger partial charge in [0.05, 0.1) is 12.0 Å². The van der Waals surface area contributed by atoms with E-state index in [4.69, 9.17) is 4.74 Å². The molecule has 0 atom stereocenters. The molecule has 0 unspecified atom stereocenters. The van der Waals surface area contributed by atoms with E-state index in [-0.39, 0.29) is 6.04 Å². The fourth-order valence-electron chi connectivity index (χ4n) is 3.15. The van der Waals surface area contributed by atoms with Gasteiger partial charge in [0.25, 0.3) is 0 Å². The highest BCUT2D eigenvalue weighted by Gasteiger charge is 2.26. The molecule has 1 saturated carbocycles. The molecule has 1 aliphatic carbocycles. The van der Waals surface area contributed by atoms with Gasteiger partial charge in [-0.15, -0.1) is 0 Å². The molecule has 0 saturated heterocycles. The minimum atomic E-state index is -3.47. The molecule has 2 rings (SSSR count). The predicted molar refractivity (Wildman–Crippen MR) is 84.4 cm³/mol. The number of hydrogen-bond acceptors (Lipinski definition) is 3. The summed E-state index contributed by atoms with van der Waals surface area (Å²) in [5.41, 5.74) is 2.39. The quantitative estimate of drug-likeness (QED) is 0.929. The van der Waals surface area contributed by atoms with E-state index in [2.05, 4.69) is 4.72 Å². The van der Waals surface area contributed by atoms with Crippen molar-refractivity contribution >= 4 is 10.0 Å². The van der Waals surface area contributed by atoms with Crippen molar-refractivity contribution in [2.45, 2.75) is 63.8 Å². The summed E-state index contributed by atoms with van der Waals surface area (Å²) in [6.07, 6.45) is 5.29. The second-order valence-electron chi connectivity index (χ2n) is 5.93. The molecule has 118 valence electrons. The second-order valence-corrected chi connectivity index (χ2v) is 7.58. The first-order valence-electron chi connectivity index (χ1n) is 7.54. The van der Waals surface area contributed by atoms with E-state index in [1.165, 1.54) is 6.42 Å². The normalized spacial score (nSPS) is 17.0. The van der Waals surface area contributed by atoms with Crippen molar-refractivity contribution in [3.8, 4) is 5.75 Å². The lowest BCUT2D eigenvalue weighted by Gasteiger charge is -2.24. The van der Waals surface area contributed by atoms with E-state index in [0.29, 0.717) is 4.90 Å². The fourth-order valence-corrected chi connectivity index (χ4v) is 4.98. The molecule has 0 radical (unpaired) electrons. The molecule has 1 aromatic carbocycles. The van der Waals surface area contributed by atoms with Crippen molar-refractivity contribution in [1.29, 1.82) is 0 Å². The summed E-state index contributed by atoms with van der Waals surface area (Å²) in [4.78, 5) is 0.409. The van der Waals surface area contributed by atoms with Crippen LogP contribution in [0.1, 0.15) is 48.8 Å². The Balaban J connectivity index is 2.37. The molecule has 5 heteroatoms. The Hall–Kier alpha value is -1.07. The molecule has 21 heavy (non-hydrogen) atoms. The van der Waals surface area contributed by atoms with Crippen molar-refractivity contribution in [2.75, 3.05) is 7.11 Å². The van der Waals surface area contributed by atoms with Crippen LogP contribution in [0, 0.1) is 20.8 Å². The number of benzene rings is 1. The maximum Gasteiger partial charge on any atom is 0.241 e. The molecule has 0 spiro atoms. The predicted octanol–water partition coefficient (Wildman–Crippen LogP) is 3.23. The number of hydrogen-bond donors (Lipinski definition) is 1. The average Bonchev–Trinajstić information content (AvgIpc) is 2.43. The summed E-state index contributed by atoms with van der Waals surface area (Å²) < 4.78 is 33.7. The van der Waals surface area contributed by atoms with Crippen LogP contribution in [0.15, 0.2) is 11.0 Å². The van der Waals surface area contributed by atoms with E-state index in [1.807, 2.05) is 20.8 Å². The molecule has 0 bridgehead atoms. The van der Waals surface area contributed by atoms with Crippen LogP contribution in [0.5, 0.6) is 5.75 Å². The summed E-state index contributed by atoms with van der Waals surface area (Å²) in [6.45, 7) is 5.57. The molecule has 1 N–H and O–H groups in total. The van der Waals surface area contributed by atoms with Crippen molar-refractivity contribution in [3.05, 3.63) is 22.8 Å². The summed E-state index contributed by atoms with van der Waals surface area (Å²) in [5.74, 6) is 0.738. The number of methoxy groups -OCH3 is 1. The summed E-state index contributed by atoms with van der Waals surface area (Å²) in [5, 5.41) is 0. The van der Waals surface area contributed by atoms with Crippen molar-refractivity contribution in [3.63, 3.8) is 0 Å². The van der Waals surface area contributed by atoms with Crippen LogP contribution in [0.4, 0.5) is 0 Å². The zero-order chi connectivity index (χ0) is 15.6. The third kappa shape index (κ3) is 3.40. The summed E-state index contributed by atoms with van der Waals surface area (Å²) in [7, 11) is -1.87. The van der Waals surface area contributed by atoms with Gasteiger partial charge in [-0.1, -0.05) is 19.3 Å². The van der Waals surface area contributed by atoms with Gasteiger partial charge in [0.1, 0.15) is 5.75 Å². The molecule has 1 aromatic rings. The van der Waals surface area contributed by atoms with Gasteiger partial charge < -0.3 is 4.74 Å². The zero-order valence-corrected chi connectivity index (χ0v) is 14.1. The van der Waals surface area contributed by atoms with E-state index in [1.54, 1.807) is 13.2 Å². The minimum absolute atomic E-state index is 0.0740. The number of aryl methyl sites for hydroxylation is 1. The zero-order valence-electron chi connectivity index (χ0n) is 13.3. The molecular weight excluding hydrogens is 286 g/mol. The fraction of sp³-hybridized carbons (Fsp3) is 0.625. The smallest absolute Gasteiger partial charge is 0.241 e. The average molecular weight is 311 g/mol. The minimum Gasteiger partial charge on any atom is -0.496 e. The Bertz CT molecular complexity index is 617. The largest absolute Gasteiger partial charge is 0.496 e. The lowest BCUT2D eigenvalue weighted by atomic mass is 9.96. The molecule has 0 amide bonds. The third-order valence-electron chi connectivity index (χ3n) is 4.39. The topological polar surface area (TPSA) is 55.4 Å². The maximum absolute atomic E-state index is 12.7. The van der Waals surface area contributed by atoms with E-state index in [9.17, 15) is 8.42 Å². The number of ether oxygens (including phenoxy) is 1. The van der Waals surface area contributed by atoms with Crippen LogP contribution >= 0.6 is 0 Å².